The highest BCUT2D eigenvalue weighted by atomic mass is 16.3. The molecule has 0 aliphatic rings. The van der Waals surface area contributed by atoms with Crippen LogP contribution in [0.2, 0.25) is 0 Å². The SMILES string of the molecule is CC(N)Cc1ccc(C(C)(C)O)cc1. The van der Waals surface area contributed by atoms with Crippen molar-refractivity contribution >= 4 is 0 Å². The van der Waals surface area contributed by atoms with Crippen LogP contribution in [0, 0.1) is 0 Å². The Hall–Kier alpha value is -0.860. The zero-order valence-electron chi connectivity index (χ0n) is 9.12. The molecule has 0 aliphatic carbocycles. The number of aliphatic hydroxyl groups is 1. The van der Waals surface area contributed by atoms with Gasteiger partial charge < -0.3 is 10.8 Å². The highest BCUT2D eigenvalue weighted by molar-refractivity contribution is 5.26. The quantitative estimate of drug-likeness (QED) is 0.769. The maximum Gasteiger partial charge on any atom is 0.0840 e. The van der Waals surface area contributed by atoms with Gasteiger partial charge in [0, 0.05) is 6.04 Å². The fraction of sp³-hybridized carbons (Fsp3) is 0.500. The van der Waals surface area contributed by atoms with E-state index in [4.69, 9.17) is 5.73 Å². The van der Waals surface area contributed by atoms with Crippen LogP contribution in [0.3, 0.4) is 0 Å². The molecule has 3 N–H and O–H groups in total. The Morgan fingerprint density at radius 1 is 1.29 bits per heavy atom. The van der Waals surface area contributed by atoms with Crippen molar-refractivity contribution in [1.82, 2.24) is 0 Å². The van der Waals surface area contributed by atoms with Crippen molar-refractivity contribution in [2.24, 2.45) is 5.73 Å². The summed E-state index contributed by atoms with van der Waals surface area (Å²) < 4.78 is 0. The van der Waals surface area contributed by atoms with E-state index in [1.807, 2.05) is 31.2 Å². The molecule has 2 nitrogen and oxygen atoms in total. The van der Waals surface area contributed by atoms with Crippen LogP contribution in [0.15, 0.2) is 24.3 Å². The number of benzene rings is 1. The predicted octanol–water partition coefficient (Wildman–Crippen LogP) is 1.80. The Balaban J connectivity index is 2.79. The Kier molecular flexibility index (Phi) is 3.29. The molecule has 0 spiro atoms. The van der Waals surface area contributed by atoms with Gasteiger partial charge in [-0.3, -0.25) is 0 Å². The van der Waals surface area contributed by atoms with Crippen LogP contribution < -0.4 is 5.73 Å². The van der Waals surface area contributed by atoms with E-state index in [0.717, 1.165) is 12.0 Å². The molecule has 0 fully saturated rings. The molecule has 0 bridgehead atoms. The van der Waals surface area contributed by atoms with Crippen LogP contribution in [0.5, 0.6) is 0 Å². The average molecular weight is 193 g/mol. The molecule has 1 atom stereocenters. The molecule has 0 heterocycles. The van der Waals surface area contributed by atoms with Crippen molar-refractivity contribution in [1.29, 1.82) is 0 Å². The van der Waals surface area contributed by atoms with Gasteiger partial charge in [-0.05, 0) is 38.3 Å². The van der Waals surface area contributed by atoms with Crippen molar-refractivity contribution in [2.45, 2.75) is 38.8 Å². The van der Waals surface area contributed by atoms with Gasteiger partial charge in [0.2, 0.25) is 0 Å². The Morgan fingerprint density at radius 2 is 1.79 bits per heavy atom. The van der Waals surface area contributed by atoms with Crippen LogP contribution in [0.4, 0.5) is 0 Å². The summed E-state index contributed by atoms with van der Waals surface area (Å²) in [4.78, 5) is 0. The minimum atomic E-state index is -0.757. The molecule has 0 saturated heterocycles. The largest absolute Gasteiger partial charge is 0.386 e. The second kappa shape index (κ2) is 4.11. The third kappa shape index (κ3) is 3.13. The molecule has 0 amide bonds. The van der Waals surface area contributed by atoms with E-state index >= 15 is 0 Å². The molecule has 1 aromatic rings. The first kappa shape index (κ1) is 11.2. The molecule has 1 rings (SSSR count). The maximum atomic E-state index is 9.74. The van der Waals surface area contributed by atoms with Crippen molar-refractivity contribution < 1.29 is 5.11 Å². The molecule has 1 unspecified atom stereocenters. The summed E-state index contributed by atoms with van der Waals surface area (Å²) in [6.45, 7) is 5.56. The molecule has 0 aliphatic heterocycles. The summed E-state index contributed by atoms with van der Waals surface area (Å²) in [6.07, 6.45) is 0.881. The first-order valence-electron chi connectivity index (χ1n) is 4.97. The van der Waals surface area contributed by atoms with Gasteiger partial charge in [0.1, 0.15) is 0 Å². The minimum absolute atomic E-state index is 0.183. The Labute approximate surface area is 85.8 Å². The molecular weight excluding hydrogens is 174 g/mol. The molecule has 78 valence electrons. The van der Waals surface area contributed by atoms with Gasteiger partial charge in [-0.15, -0.1) is 0 Å². The summed E-state index contributed by atoms with van der Waals surface area (Å²) >= 11 is 0. The number of rotatable bonds is 3. The van der Waals surface area contributed by atoms with E-state index in [0.29, 0.717) is 0 Å². The maximum absolute atomic E-state index is 9.74. The van der Waals surface area contributed by atoms with Gasteiger partial charge in [0.05, 0.1) is 5.60 Å². The molecule has 0 aromatic heterocycles. The monoisotopic (exact) mass is 193 g/mol. The Morgan fingerprint density at radius 3 is 2.14 bits per heavy atom. The molecule has 2 heteroatoms. The van der Waals surface area contributed by atoms with Gasteiger partial charge in [-0.25, -0.2) is 0 Å². The van der Waals surface area contributed by atoms with Gasteiger partial charge in [-0.2, -0.15) is 0 Å². The number of hydrogen-bond donors (Lipinski definition) is 2. The molecule has 1 aromatic carbocycles. The molecule has 0 saturated carbocycles. The van der Waals surface area contributed by atoms with Crippen molar-refractivity contribution in [3.05, 3.63) is 35.4 Å². The highest BCUT2D eigenvalue weighted by Crippen LogP contribution is 2.19. The zero-order chi connectivity index (χ0) is 10.8. The van der Waals surface area contributed by atoms with Crippen molar-refractivity contribution in [3.8, 4) is 0 Å². The first-order valence-corrected chi connectivity index (χ1v) is 4.97. The standard InChI is InChI=1S/C12H19NO/c1-9(13)8-10-4-6-11(7-5-10)12(2,3)14/h4-7,9,14H,8,13H2,1-3H3. The van der Waals surface area contributed by atoms with Gasteiger partial charge >= 0.3 is 0 Å². The molecule has 0 radical (unpaired) electrons. The second-order valence-electron chi connectivity index (χ2n) is 4.44. The number of nitrogens with two attached hydrogens (primary N) is 1. The van der Waals surface area contributed by atoms with E-state index in [-0.39, 0.29) is 6.04 Å². The average Bonchev–Trinajstić information content (AvgIpc) is 2.02. The highest BCUT2D eigenvalue weighted by Gasteiger charge is 2.14. The van der Waals surface area contributed by atoms with E-state index in [1.54, 1.807) is 13.8 Å². The van der Waals surface area contributed by atoms with Crippen LogP contribution in [-0.2, 0) is 12.0 Å². The lowest BCUT2D eigenvalue weighted by Crippen LogP contribution is -2.18. The zero-order valence-corrected chi connectivity index (χ0v) is 9.12. The summed E-state index contributed by atoms with van der Waals surface area (Å²) in [5.74, 6) is 0. The lowest BCUT2D eigenvalue weighted by molar-refractivity contribution is 0.0786. The van der Waals surface area contributed by atoms with Crippen LogP contribution in [-0.4, -0.2) is 11.1 Å². The molecule has 14 heavy (non-hydrogen) atoms. The van der Waals surface area contributed by atoms with E-state index in [9.17, 15) is 5.11 Å². The summed E-state index contributed by atoms with van der Waals surface area (Å²) in [7, 11) is 0. The fourth-order valence-corrected chi connectivity index (χ4v) is 1.42. The Bertz CT molecular complexity index is 282. The van der Waals surface area contributed by atoms with Crippen molar-refractivity contribution in [2.75, 3.05) is 0 Å². The predicted molar refractivity (Wildman–Crippen MR) is 59.0 cm³/mol. The third-order valence-electron chi connectivity index (χ3n) is 2.22. The summed E-state index contributed by atoms with van der Waals surface area (Å²) in [6, 6.07) is 8.14. The lowest BCUT2D eigenvalue weighted by atomic mass is 9.96. The third-order valence-corrected chi connectivity index (χ3v) is 2.22. The van der Waals surface area contributed by atoms with Crippen molar-refractivity contribution in [3.63, 3.8) is 0 Å². The van der Waals surface area contributed by atoms with E-state index in [2.05, 4.69) is 0 Å². The summed E-state index contributed by atoms with van der Waals surface area (Å²) in [5.41, 5.74) is 7.09. The van der Waals surface area contributed by atoms with Crippen LogP contribution in [0.1, 0.15) is 31.9 Å². The topological polar surface area (TPSA) is 46.2 Å². The van der Waals surface area contributed by atoms with Crippen LogP contribution in [0.25, 0.3) is 0 Å². The summed E-state index contributed by atoms with van der Waals surface area (Å²) in [5, 5.41) is 9.74. The number of hydrogen-bond acceptors (Lipinski definition) is 2. The van der Waals surface area contributed by atoms with Crippen LogP contribution >= 0.6 is 0 Å². The lowest BCUT2D eigenvalue weighted by Gasteiger charge is -2.18. The smallest absolute Gasteiger partial charge is 0.0840 e. The van der Waals surface area contributed by atoms with E-state index in [1.165, 1.54) is 5.56 Å². The van der Waals surface area contributed by atoms with Gasteiger partial charge in [0.25, 0.3) is 0 Å². The van der Waals surface area contributed by atoms with E-state index < -0.39 is 5.60 Å². The first-order chi connectivity index (χ1) is 6.39. The van der Waals surface area contributed by atoms with Gasteiger partial charge in [0.15, 0.2) is 0 Å². The molecular formula is C12H19NO. The normalized spacial score (nSPS) is 14.1. The minimum Gasteiger partial charge on any atom is -0.386 e. The van der Waals surface area contributed by atoms with Gasteiger partial charge in [-0.1, -0.05) is 24.3 Å². The second-order valence-corrected chi connectivity index (χ2v) is 4.44. The fourth-order valence-electron chi connectivity index (χ4n) is 1.42.